The highest BCUT2D eigenvalue weighted by molar-refractivity contribution is 5.78. The van der Waals surface area contributed by atoms with Gasteiger partial charge in [-0.2, -0.15) is 0 Å². The van der Waals surface area contributed by atoms with Crippen molar-refractivity contribution in [2.45, 2.75) is 184 Å². The fourth-order valence-corrected chi connectivity index (χ4v) is 8.93. The zero-order valence-electron chi connectivity index (χ0n) is 37.2. The number of ether oxygens (including phenoxy) is 12. The number of aliphatic hydroxyl groups excluding tert-OH is 18. The van der Waals surface area contributed by atoms with Crippen molar-refractivity contribution in [3.8, 4) is 0 Å². The molecule has 0 aliphatic carbocycles. The molecule has 0 amide bonds. The molecule has 30 atom stereocenters. The first kappa shape index (κ1) is 58.3. The van der Waals surface area contributed by atoms with Crippen LogP contribution in [0, 0.1) is 0 Å². The molecule has 22 rings (SSSR count). The van der Waals surface area contributed by atoms with Crippen molar-refractivity contribution in [1.29, 1.82) is 0 Å². The fraction of sp³-hybridized carbons (Fsp3) is 0.923. The molecule has 412 valence electrons. The Bertz CT molecular complexity index is 1380. The monoisotopic (exact) mass is 1040 g/mol. The number of carboxylic acid groups (broad SMARTS) is 1. The Morgan fingerprint density at radius 1 is 0.296 bits per heavy atom. The Morgan fingerprint density at radius 3 is 0.521 bits per heavy atom. The highest BCUT2D eigenvalue weighted by Crippen LogP contribution is 2.38. The van der Waals surface area contributed by atoms with Gasteiger partial charge in [0.2, 0.25) is 0 Å². The average molecular weight is 1040 g/mol. The zero-order chi connectivity index (χ0) is 52.3. The van der Waals surface area contributed by atoms with E-state index >= 15 is 0 Å². The van der Waals surface area contributed by atoms with Crippen molar-refractivity contribution in [2.24, 2.45) is 0 Å². The lowest BCUT2D eigenvalue weighted by Crippen LogP contribution is -2.69. The molecule has 0 aromatic carbocycles. The van der Waals surface area contributed by atoms with E-state index in [4.69, 9.17) is 61.9 Å². The minimum Gasteiger partial charge on any atom is -0.478 e. The van der Waals surface area contributed by atoms with Crippen LogP contribution in [0.4, 0.5) is 0 Å². The minimum absolute atomic E-state index is 0.833. The third kappa shape index (κ3) is 12.2. The maximum Gasteiger partial charge on any atom is 0.327 e. The molecule has 22 fully saturated rings. The van der Waals surface area contributed by atoms with Gasteiger partial charge in [-0.25, -0.2) is 4.79 Å². The van der Waals surface area contributed by atoms with Crippen molar-refractivity contribution in [1.82, 2.24) is 0 Å². The zero-order valence-corrected chi connectivity index (χ0v) is 37.2. The Labute approximate surface area is 400 Å². The second-order valence-corrected chi connectivity index (χ2v) is 17.4. The second kappa shape index (κ2) is 25.2. The van der Waals surface area contributed by atoms with Crippen LogP contribution in [0.5, 0.6) is 0 Å². The van der Waals surface area contributed by atoms with E-state index in [-0.39, 0.29) is 0 Å². The number of hydrogen-bond donors (Lipinski definition) is 19. The molecule has 22 aliphatic heterocycles. The van der Waals surface area contributed by atoms with E-state index in [1.54, 1.807) is 0 Å². The highest BCUT2D eigenvalue weighted by Gasteiger charge is 2.58. The summed E-state index contributed by atoms with van der Waals surface area (Å²) in [6.07, 6.45) is -57.6. The summed E-state index contributed by atoms with van der Waals surface area (Å²) in [4.78, 5) is 9.25. The molecular weight excluding hydrogens is 980 g/mol. The Kier molecular flexibility index (Phi) is 20.7. The molecule has 32 heteroatoms. The van der Waals surface area contributed by atoms with Gasteiger partial charge in [0, 0.05) is 6.08 Å². The van der Waals surface area contributed by atoms with Crippen molar-refractivity contribution in [3.63, 3.8) is 0 Å². The number of hydrogen-bond acceptors (Lipinski definition) is 31. The van der Waals surface area contributed by atoms with Gasteiger partial charge in [0.1, 0.15) is 146 Å². The van der Waals surface area contributed by atoms with Crippen LogP contribution in [-0.2, 0) is 61.6 Å². The molecule has 0 aromatic rings. The molecule has 22 aliphatic rings. The summed E-state index contributed by atoms with van der Waals surface area (Å²) < 4.78 is 67.9. The number of rotatable bonds is 7. The standard InChI is InChI=1S/C36H60O30.C3H4O2/c37-1-7-25-13(43)19(49)31(55-7)62-26-8(2-38)57-33(21(51)15(26)45)64-28-10(4-40)59-35(23(53)17(28)47)66-30-12(6-42)60-36(24(54)18(30)48)65-29-11(5-41)58-34(22(52)16(29)46)63-27-9(3-39)56-32(61-25)20(50)14(27)44;1-2-3(4)5/h7-54H,1-6H2;2H,1H2,(H,4,5)/t7-,8-,9-,10-,11-,12-,13-,14-,15-,16-,17-,18-,19-,20-,21-,22-,23-,24-,25-,26-,27-,28-,29-,30-,31-,32-,33-,34-,35-,36-;/m1./s1. The first-order chi connectivity index (χ1) is 33.7. The molecule has 0 radical (unpaired) electrons. The lowest BCUT2D eigenvalue weighted by Gasteiger charge is -2.50. The van der Waals surface area contributed by atoms with Gasteiger partial charge >= 0.3 is 5.97 Å². The second-order valence-electron chi connectivity index (χ2n) is 17.4. The van der Waals surface area contributed by atoms with Gasteiger partial charge in [0.05, 0.1) is 39.6 Å². The smallest absolute Gasteiger partial charge is 0.327 e. The summed E-state index contributed by atoms with van der Waals surface area (Å²) in [5.74, 6) is -0.981. The third-order valence-electron chi connectivity index (χ3n) is 12.8. The van der Waals surface area contributed by atoms with Gasteiger partial charge in [-0.1, -0.05) is 6.58 Å². The van der Waals surface area contributed by atoms with E-state index in [1.807, 2.05) is 0 Å². The van der Waals surface area contributed by atoms with Crippen LogP contribution in [0.3, 0.4) is 0 Å². The van der Waals surface area contributed by atoms with Crippen molar-refractivity contribution >= 4 is 5.97 Å². The van der Waals surface area contributed by atoms with E-state index < -0.39 is 230 Å². The predicted octanol–water partition coefficient (Wildman–Crippen LogP) is -12.8. The average Bonchev–Trinajstić information content (AvgIpc) is 3.36. The minimum atomic E-state index is -2.15. The lowest BCUT2D eigenvalue weighted by atomic mass is 9.94. The number of carboxylic acids is 1. The molecular formula is C39H64O32. The third-order valence-corrected chi connectivity index (χ3v) is 12.8. The highest BCUT2D eigenvalue weighted by atomic mass is 16.8. The van der Waals surface area contributed by atoms with E-state index in [2.05, 4.69) is 6.58 Å². The number of aliphatic hydroxyl groups is 18. The molecule has 32 nitrogen and oxygen atoms in total. The van der Waals surface area contributed by atoms with Crippen LogP contribution < -0.4 is 0 Å². The van der Waals surface area contributed by atoms with Crippen LogP contribution in [0.1, 0.15) is 0 Å². The van der Waals surface area contributed by atoms with Crippen LogP contribution in [0.15, 0.2) is 12.7 Å². The summed E-state index contributed by atoms with van der Waals surface area (Å²) in [6, 6.07) is 0. The summed E-state index contributed by atoms with van der Waals surface area (Å²) in [6.45, 7) is -3.03. The topological polar surface area (TPSA) is 512 Å². The molecule has 0 saturated carbocycles. The summed E-state index contributed by atoms with van der Waals surface area (Å²) >= 11 is 0. The van der Waals surface area contributed by atoms with Crippen molar-refractivity contribution in [2.75, 3.05) is 39.6 Å². The maximum atomic E-state index is 11.2. The van der Waals surface area contributed by atoms with Crippen molar-refractivity contribution < 1.29 is 159 Å². The van der Waals surface area contributed by atoms with Gasteiger partial charge in [-0.3, -0.25) is 0 Å². The molecule has 0 spiro atoms. The molecule has 71 heavy (non-hydrogen) atoms. The summed E-state index contributed by atoms with van der Waals surface area (Å²) in [5, 5.41) is 203. The van der Waals surface area contributed by atoms with Gasteiger partial charge < -0.3 is 154 Å². The Balaban J connectivity index is 0.00000157. The van der Waals surface area contributed by atoms with E-state index in [9.17, 15) is 96.7 Å². The maximum absolute atomic E-state index is 11.2. The first-order valence-corrected chi connectivity index (χ1v) is 22.2. The van der Waals surface area contributed by atoms with E-state index in [0.29, 0.717) is 0 Å². The molecule has 0 aromatic heterocycles. The predicted molar refractivity (Wildman–Crippen MR) is 214 cm³/mol. The van der Waals surface area contributed by atoms with Crippen LogP contribution in [0.2, 0.25) is 0 Å². The summed E-state index contributed by atoms with van der Waals surface area (Å²) in [7, 11) is 0. The largest absolute Gasteiger partial charge is 0.478 e. The fourth-order valence-electron chi connectivity index (χ4n) is 8.93. The normalized spacial score (nSPS) is 51.9. The van der Waals surface area contributed by atoms with E-state index in [1.165, 1.54) is 0 Å². The molecule has 12 bridgehead atoms. The van der Waals surface area contributed by atoms with E-state index in [0.717, 1.165) is 6.08 Å². The van der Waals surface area contributed by atoms with Gasteiger partial charge in [0.15, 0.2) is 37.7 Å². The SMILES string of the molecule is C=CC(=O)O.OC[C@H]1O[C@@H]2O[C@H]3[C@H](O)[C@@H](O)[C@@H](O[C@H]4[C@H](O)[C@@H](O)[C@@H](O[C@H]5[C@H](O)[C@@H](O)[C@@H](O[C@H]6[C@H](O)[C@@H](O)[C@@H](O[C@H]7[C@H](O)[C@@H](O)[C@@H](O[C@H]1[C@H](O)[C@H]2O)O[C@@H]7CO)O[C@@H]6CO)O[C@@H]5CO)O[C@@H]4CO)O[C@@H]3CO. The van der Waals surface area contributed by atoms with Crippen LogP contribution in [0.25, 0.3) is 0 Å². The molecule has 22 heterocycles. The van der Waals surface area contributed by atoms with Gasteiger partial charge in [-0.15, -0.1) is 0 Å². The number of carbonyl (C=O) groups is 1. The summed E-state index contributed by atoms with van der Waals surface area (Å²) in [5.41, 5.74) is 0. The number of aliphatic carboxylic acids is 1. The first-order valence-electron chi connectivity index (χ1n) is 22.2. The van der Waals surface area contributed by atoms with Crippen LogP contribution >= 0.6 is 0 Å². The molecule has 0 unspecified atom stereocenters. The lowest BCUT2D eigenvalue weighted by molar-refractivity contribution is -0.404. The van der Waals surface area contributed by atoms with Gasteiger partial charge in [0.25, 0.3) is 0 Å². The van der Waals surface area contributed by atoms with Crippen LogP contribution in [-0.4, -0.2) is 327 Å². The Hall–Kier alpha value is -1.99. The van der Waals surface area contributed by atoms with Crippen molar-refractivity contribution in [3.05, 3.63) is 12.7 Å². The molecule has 19 N–H and O–H groups in total. The Morgan fingerprint density at radius 2 is 0.423 bits per heavy atom. The molecule has 22 saturated heterocycles. The quantitative estimate of drug-likeness (QED) is 0.105. The van der Waals surface area contributed by atoms with Gasteiger partial charge in [-0.05, 0) is 0 Å².